The highest BCUT2D eigenvalue weighted by atomic mass is 127. The van der Waals surface area contributed by atoms with Gasteiger partial charge in [0.2, 0.25) is 0 Å². The molecule has 136 valence electrons. The summed E-state index contributed by atoms with van der Waals surface area (Å²) in [5.41, 5.74) is 1.18. The topological polar surface area (TPSA) is 65.9 Å². The number of guanidine groups is 1. The third-order valence-electron chi connectivity index (χ3n) is 4.14. The molecule has 0 aromatic heterocycles. The summed E-state index contributed by atoms with van der Waals surface area (Å²) in [5, 5.41) is 16.0. The van der Waals surface area contributed by atoms with Gasteiger partial charge in [-0.3, -0.25) is 0 Å². The number of aliphatic hydroxyl groups is 1. The number of nitrogens with one attached hydrogen (secondary N) is 2. The number of ether oxygens (including phenoxy) is 1. The second-order valence-corrected chi connectivity index (χ2v) is 6.87. The van der Waals surface area contributed by atoms with Crippen molar-refractivity contribution in [3.05, 3.63) is 34.3 Å². The number of hydrogen-bond donors (Lipinski definition) is 3. The smallest absolute Gasteiger partial charge is 0.191 e. The molecule has 3 N–H and O–H groups in total. The molecule has 1 heterocycles. The van der Waals surface area contributed by atoms with Crippen LogP contribution in [0.1, 0.15) is 25.3 Å². The molecule has 1 aliphatic rings. The van der Waals surface area contributed by atoms with Crippen molar-refractivity contribution >= 4 is 45.9 Å². The Morgan fingerprint density at radius 1 is 1.33 bits per heavy atom. The minimum Gasteiger partial charge on any atom is -0.396 e. The number of aliphatic imine (C=N–C) groups is 1. The highest BCUT2D eigenvalue weighted by Crippen LogP contribution is 2.31. The van der Waals surface area contributed by atoms with E-state index in [-0.39, 0.29) is 36.0 Å². The Kier molecular flexibility index (Phi) is 10.2. The molecule has 1 unspecified atom stereocenters. The van der Waals surface area contributed by atoms with Gasteiger partial charge >= 0.3 is 0 Å². The third-order valence-corrected chi connectivity index (χ3v) is 4.66. The predicted molar refractivity (Wildman–Crippen MR) is 112 cm³/mol. The van der Waals surface area contributed by atoms with Crippen molar-refractivity contribution in [3.8, 4) is 0 Å². The van der Waals surface area contributed by atoms with E-state index >= 15 is 0 Å². The van der Waals surface area contributed by atoms with Gasteiger partial charge < -0.3 is 20.5 Å². The lowest BCUT2D eigenvalue weighted by atomic mass is 9.84. The van der Waals surface area contributed by atoms with Crippen molar-refractivity contribution in [1.82, 2.24) is 10.6 Å². The average molecular weight is 512 g/mol. The van der Waals surface area contributed by atoms with Gasteiger partial charge in [0.15, 0.2) is 5.96 Å². The molecule has 0 bridgehead atoms. The van der Waals surface area contributed by atoms with Crippen LogP contribution in [0.4, 0.5) is 0 Å². The van der Waals surface area contributed by atoms with E-state index in [1.54, 1.807) is 0 Å². The van der Waals surface area contributed by atoms with Crippen LogP contribution < -0.4 is 10.6 Å². The summed E-state index contributed by atoms with van der Waals surface area (Å²) in [6, 6.07) is 8.18. The molecular formula is C17H27BrIN3O2. The highest BCUT2D eigenvalue weighted by molar-refractivity contribution is 14.0. The Morgan fingerprint density at radius 3 is 2.67 bits per heavy atom. The first-order chi connectivity index (χ1) is 11.2. The normalized spacial score (nSPS) is 20.5. The van der Waals surface area contributed by atoms with Gasteiger partial charge in [0, 0.05) is 36.2 Å². The van der Waals surface area contributed by atoms with Crippen LogP contribution in [0.3, 0.4) is 0 Å². The molecule has 5 nitrogen and oxygen atoms in total. The lowest BCUT2D eigenvalue weighted by Crippen LogP contribution is -2.44. The molecule has 0 saturated carbocycles. The number of halogens is 2. The first-order valence-corrected chi connectivity index (χ1v) is 8.92. The molecule has 1 atom stereocenters. The van der Waals surface area contributed by atoms with E-state index < -0.39 is 0 Å². The summed E-state index contributed by atoms with van der Waals surface area (Å²) in [6.07, 6.45) is 1.73. The van der Waals surface area contributed by atoms with Gasteiger partial charge in [0.05, 0.1) is 13.2 Å². The standard InChI is InChI=1S/C17H26BrN3O2.HI/c1-2-19-16(20-11-14-3-5-15(18)6-4-14)21-12-17(7-9-22)8-10-23-13-17;/h3-6,22H,2,7-13H2,1H3,(H2,19,20,21);1H. The van der Waals surface area contributed by atoms with Gasteiger partial charge in [-0.25, -0.2) is 4.99 Å². The first kappa shape index (κ1) is 21.7. The zero-order valence-electron chi connectivity index (χ0n) is 14.1. The van der Waals surface area contributed by atoms with Gasteiger partial charge in [0.25, 0.3) is 0 Å². The van der Waals surface area contributed by atoms with Crippen LogP contribution in [0.15, 0.2) is 33.7 Å². The second kappa shape index (κ2) is 11.3. The lowest BCUT2D eigenvalue weighted by molar-refractivity contribution is 0.127. The van der Waals surface area contributed by atoms with Crippen molar-refractivity contribution in [2.45, 2.75) is 26.3 Å². The van der Waals surface area contributed by atoms with E-state index in [1.807, 2.05) is 12.1 Å². The fourth-order valence-electron chi connectivity index (χ4n) is 2.68. The Bertz CT molecular complexity index is 505. The van der Waals surface area contributed by atoms with E-state index in [0.717, 1.165) is 43.0 Å². The van der Waals surface area contributed by atoms with Crippen molar-refractivity contribution in [2.75, 3.05) is 32.9 Å². The Labute approximate surface area is 169 Å². The van der Waals surface area contributed by atoms with Crippen molar-refractivity contribution in [3.63, 3.8) is 0 Å². The van der Waals surface area contributed by atoms with E-state index in [1.165, 1.54) is 5.56 Å². The zero-order valence-corrected chi connectivity index (χ0v) is 18.0. The number of hydrogen-bond acceptors (Lipinski definition) is 3. The minimum atomic E-state index is 0. The van der Waals surface area contributed by atoms with Crippen molar-refractivity contribution in [2.24, 2.45) is 10.4 Å². The van der Waals surface area contributed by atoms with Gasteiger partial charge in [-0.15, -0.1) is 24.0 Å². The lowest BCUT2D eigenvalue weighted by Gasteiger charge is -2.27. The fourth-order valence-corrected chi connectivity index (χ4v) is 2.95. The Balaban J connectivity index is 0.00000288. The molecule has 2 rings (SSSR count). The Hall–Kier alpha value is -0.380. The van der Waals surface area contributed by atoms with Crippen LogP contribution in [-0.2, 0) is 11.3 Å². The largest absolute Gasteiger partial charge is 0.396 e. The minimum absolute atomic E-state index is 0. The van der Waals surface area contributed by atoms with Crippen LogP contribution >= 0.6 is 39.9 Å². The van der Waals surface area contributed by atoms with E-state index in [2.05, 4.69) is 50.6 Å². The van der Waals surface area contributed by atoms with Crippen LogP contribution in [0.5, 0.6) is 0 Å². The molecule has 1 aromatic carbocycles. The number of rotatable bonds is 7. The number of nitrogens with zero attached hydrogens (tertiary/aromatic N) is 1. The molecule has 24 heavy (non-hydrogen) atoms. The van der Waals surface area contributed by atoms with Crippen LogP contribution in [0, 0.1) is 5.41 Å². The number of aliphatic hydroxyl groups excluding tert-OH is 1. The molecule has 1 aliphatic heterocycles. The summed E-state index contributed by atoms with van der Waals surface area (Å²) in [7, 11) is 0. The summed E-state index contributed by atoms with van der Waals surface area (Å²) in [6.45, 7) is 5.93. The maximum absolute atomic E-state index is 9.30. The Morgan fingerprint density at radius 2 is 2.08 bits per heavy atom. The summed E-state index contributed by atoms with van der Waals surface area (Å²) in [5.74, 6) is 0.805. The molecular weight excluding hydrogens is 485 g/mol. The first-order valence-electron chi connectivity index (χ1n) is 8.13. The van der Waals surface area contributed by atoms with Crippen molar-refractivity contribution < 1.29 is 9.84 Å². The summed E-state index contributed by atoms with van der Waals surface area (Å²) >= 11 is 3.44. The highest BCUT2D eigenvalue weighted by Gasteiger charge is 2.34. The van der Waals surface area contributed by atoms with Gasteiger partial charge in [-0.05, 0) is 37.5 Å². The monoisotopic (exact) mass is 511 g/mol. The molecule has 0 spiro atoms. The SMILES string of the molecule is CCNC(=NCc1ccc(Br)cc1)NCC1(CCO)CCOC1.I. The maximum Gasteiger partial charge on any atom is 0.191 e. The van der Waals surface area contributed by atoms with Crippen LogP contribution in [0.25, 0.3) is 0 Å². The number of benzene rings is 1. The summed E-state index contributed by atoms with van der Waals surface area (Å²) in [4.78, 5) is 4.64. The molecule has 0 aliphatic carbocycles. The van der Waals surface area contributed by atoms with Crippen molar-refractivity contribution in [1.29, 1.82) is 0 Å². The quantitative estimate of drug-likeness (QED) is 0.299. The molecule has 0 amide bonds. The maximum atomic E-state index is 9.30. The zero-order chi connectivity index (χ0) is 16.5. The molecule has 0 radical (unpaired) electrons. The van der Waals surface area contributed by atoms with Gasteiger partial charge in [-0.1, -0.05) is 28.1 Å². The van der Waals surface area contributed by atoms with E-state index in [0.29, 0.717) is 13.2 Å². The van der Waals surface area contributed by atoms with E-state index in [9.17, 15) is 5.11 Å². The molecule has 1 fully saturated rings. The van der Waals surface area contributed by atoms with E-state index in [4.69, 9.17) is 4.74 Å². The van der Waals surface area contributed by atoms with Crippen LogP contribution in [0.2, 0.25) is 0 Å². The molecule has 1 saturated heterocycles. The third kappa shape index (κ3) is 6.85. The predicted octanol–water partition coefficient (Wildman–Crippen LogP) is 2.91. The van der Waals surface area contributed by atoms with Crippen LogP contribution in [-0.4, -0.2) is 44.0 Å². The second-order valence-electron chi connectivity index (χ2n) is 5.95. The molecule has 7 heteroatoms. The summed E-state index contributed by atoms with van der Waals surface area (Å²) < 4.78 is 6.60. The average Bonchev–Trinajstić information content (AvgIpc) is 3.01. The fraction of sp³-hybridized carbons (Fsp3) is 0.588. The van der Waals surface area contributed by atoms with Gasteiger partial charge in [0.1, 0.15) is 0 Å². The molecule has 1 aromatic rings. The van der Waals surface area contributed by atoms with Gasteiger partial charge in [-0.2, -0.15) is 0 Å².